The van der Waals surface area contributed by atoms with Crippen LogP contribution in [0.15, 0.2) is 48.5 Å². The third kappa shape index (κ3) is 3.55. The van der Waals surface area contributed by atoms with Crippen molar-refractivity contribution in [2.24, 2.45) is 5.73 Å². The highest BCUT2D eigenvalue weighted by Gasteiger charge is 2.04. The Morgan fingerprint density at radius 1 is 1.05 bits per heavy atom. The molecule has 3 heteroatoms. The van der Waals surface area contributed by atoms with E-state index in [1.165, 1.54) is 12.1 Å². The molecule has 1 atom stereocenters. The maximum atomic E-state index is 12.8. The second-order valence-electron chi connectivity index (χ2n) is 4.86. The van der Waals surface area contributed by atoms with Crippen molar-refractivity contribution in [2.45, 2.75) is 19.5 Å². The van der Waals surface area contributed by atoms with Crippen molar-refractivity contribution in [3.63, 3.8) is 0 Å². The van der Waals surface area contributed by atoms with Gasteiger partial charge < -0.3 is 10.6 Å². The molecule has 0 aliphatic rings. The smallest absolute Gasteiger partial charge is 0.123 e. The molecule has 0 aliphatic heterocycles. The number of hydrogen-bond donors (Lipinski definition) is 1. The molecular formula is C16H19FN2. The Hall–Kier alpha value is -1.87. The molecule has 2 aromatic carbocycles. The Morgan fingerprint density at radius 2 is 1.63 bits per heavy atom. The van der Waals surface area contributed by atoms with E-state index in [1.807, 2.05) is 38.2 Å². The minimum absolute atomic E-state index is 0.0523. The van der Waals surface area contributed by atoms with Gasteiger partial charge in [-0.2, -0.15) is 0 Å². The van der Waals surface area contributed by atoms with Crippen LogP contribution >= 0.6 is 0 Å². The van der Waals surface area contributed by atoms with Gasteiger partial charge in [0.15, 0.2) is 0 Å². The molecule has 0 saturated carbocycles. The molecule has 0 heterocycles. The van der Waals surface area contributed by atoms with Gasteiger partial charge in [-0.3, -0.25) is 0 Å². The van der Waals surface area contributed by atoms with E-state index < -0.39 is 0 Å². The van der Waals surface area contributed by atoms with Crippen LogP contribution in [0, 0.1) is 5.82 Å². The number of nitrogens with zero attached hydrogens (tertiary/aromatic N) is 1. The van der Waals surface area contributed by atoms with Crippen molar-refractivity contribution < 1.29 is 4.39 Å². The van der Waals surface area contributed by atoms with Gasteiger partial charge in [-0.1, -0.05) is 24.3 Å². The second-order valence-corrected chi connectivity index (χ2v) is 4.86. The van der Waals surface area contributed by atoms with Crippen LogP contribution in [0.3, 0.4) is 0 Å². The number of rotatable bonds is 4. The molecule has 0 bridgehead atoms. The van der Waals surface area contributed by atoms with Crippen LogP contribution in [-0.2, 0) is 6.54 Å². The van der Waals surface area contributed by atoms with Gasteiger partial charge in [0, 0.05) is 25.3 Å². The zero-order chi connectivity index (χ0) is 13.8. The fourth-order valence-electron chi connectivity index (χ4n) is 1.99. The Morgan fingerprint density at radius 3 is 2.16 bits per heavy atom. The van der Waals surface area contributed by atoms with Gasteiger partial charge >= 0.3 is 0 Å². The topological polar surface area (TPSA) is 29.3 Å². The van der Waals surface area contributed by atoms with E-state index in [1.54, 1.807) is 0 Å². The van der Waals surface area contributed by atoms with Crippen molar-refractivity contribution in [1.29, 1.82) is 0 Å². The van der Waals surface area contributed by atoms with Crippen molar-refractivity contribution in [3.8, 4) is 0 Å². The van der Waals surface area contributed by atoms with E-state index in [2.05, 4.69) is 17.0 Å². The van der Waals surface area contributed by atoms with E-state index in [4.69, 9.17) is 5.73 Å². The molecule has 100 valence electrons. The third-order valence-corrected chi connectivity index (χ3v) is 3.19. The molecule has 19 heavy (non-hydrogen) atoms. The molecule has 0 spiro atoms. The third-order valence-electron chi connectivity index (χ3n) is 3.19. The van der Waals surface area contributed by atoms with Crippen LogP contribution in [-0.4, -0.2) is 7.05 Å². The van der Waals surface area contributed by atoms with Gasteiger partial charge in [-0.25, -0.2) is 4.39 Å². The molecule has 2 rings (SSSR count). The van der Waals surface area contributed by atoms with E-state index >= 15 is 0 Å². The number of benzene rings is 2. The summed E-state index contributed by atoms with van der Waals surface area (Å²) in [4.78, 5) is 2.12. The van der Waals surface area contributed by atoms with Crippen LogP contribution in [0.2, 0.25) is 0 Å². The van der Waals surface area contributed by atoms with E-state index in [0.29, 0.717) is 0 Å². The summed E-state index contributed by atoms with van der Waals surface area (Å²) in [5.41, 5.74) is 9.16. The van der Waals surface area contributed by atoms with Crippen molar-refractivity contribution in [2.75, 3.05) is 11.9 Å². The lowest BCUT2D eigenvalue weighted by Gasteiger charge is -2.20. The lowest BCUT2D eigenvalue weighted by Crippen LogP contribution is -2.16. The quantitative estimate of drug-likeness (QED) is 0.909. The van der Waals surface area contributed by atoms with Crippen molar-refractivity contribution in [3.05, 3.63) is 65.5 Å². The summed E-state index contributed by atoms with van der Waals surface area (Å²) in [6, 6.07) is 14.8. The SMILES string of the molecule is C[C@H](N)c1ccc(N(C)Cc2ccc(F)cc2)cc1. The predicted octanol–water partition coefficient (Wildman–Crippen LogP) is 3.48. The first-order valence-corrected chi connectivity index (χ1v) is 6.37. The fraction of sp³-hybridized carbons (Fsp3) is 0.250. The Balaban J connectivity index is 2.07. The zero-order valence-electron chi connectivity index (χ0n) is 11.3. The first-order valence-electron chi connectivity index (χ1n) is 6.37. The van der Waals surface area contributed by atoms with Crippen LogP contribution in [0.25, 0.3) is 0 Å². The first-order chi connectivity index (χ1) is 9.06. The molecule has 0 amide bonds. The van der Waals surface area contributed by atoms with Crippen molar-refractivity contribution >= 4 is 5.69 Å². The monoisotopic (exact) mass is 258 g/mol. The zero-order valence-corrected chi connectivity index (χ0v) is 11.3. The second kappa shape index (κ2) is 5.85. The average molecular weight is 258 g/mol. The van der Waals surface area contributed by atoms with Gasteiger partial charge in [0.25, 0.3) is 0 Å². The standard InChI is InChI=1S/C16H19FN2/c1-12(18)14-5-9-16(10-6-14)19(2)11-13-3-7-15(17)8-4-13/h3-10,12H,11,18H2,1-2H3/t12-/m0/s1. The maximum Gasteiger partial charge on any atom is 0.123 e. The van der Waals surface area contributed by atoms with Crippen LogP contribution in [0.1, 0.15) is 24.1 Å². The average Bonchev–Trinajstić information content (AvgIpc) is 2.41. The summed E-state index contributed by atoms with van der Waals surface area (Å²) in [5, 5.41) is 0. The molecule has 0 aliphatic carbocycles. The predicted molar refractivity (Wildman–Crippen MR) is 77.6 cm³/mol. The highest BCUT2D eigenvalue weighted by Crippen LogP contribution is 2.19. The number of hydrogen-bond acceptors (Lipinski definition) is 2. The Labute approximate surface area is 113 Å². The van der Waals surface area contributed by atoms with Crippen LogP contribution < -0.4 is 10.6 Å². The van der Waals surface area contributed by atoms with E-state index in [0.717, 1.165) is 23.4 Å². The molecule has 2 N–H and O–H groups in total. The normalized spacial score (nSPS) is 12.2. The molecular weight excluding hydrogens is 239 g/mol. The number of nitrogens with two attached hydrogens (primary N) is 1. The van der Waals surface area contributed by atoms with Gasteiger partial charge in [0.05, 0.1) is 0 Å². The van der Waals surface area contributed by atoms with Crippen molar-refractivity contribution in [1.82, 2.24) is 0 Å². The molecule has 0 aromatic heterocycles. The molecule has 2 aromatic rings. The molecule has 2 nitrogen and oxygen atoms in total. The minimum atomic E-state index is -0.201. The summed E-state index contributed by atoms with van der Waals surface area (Å²) in [7, 11) is 2.02. The Kier molecular flexibility index (Phi) is 4.17. The van der Waals surface area contributed by atoms with Gasteiger partial charge in [-0.05, 0) is 42.3 Å². The summed E-state index contributed by atoms with van der Waals surface area (Å²) in [5.74, 6) is -0.201. The molecule has 0 saturated heterocycles. The lowest BCUT2D eigenvalue weighted by atomic mass is 10.1. The highest BCUT2D eigenvalue weighted by atomic mass is 19.1. The van der Waals surface area contributed by atoms with E-state index in [-0.39, 0.29) is 11.9 Å². The Bertz CT molecular complexity index is 517. The van der Waals surface area contributed by atoms with Gasteiger partial charge in [-0.15, -0.1) is 0 Å². The lowest BCUT2D eigenvalue weighted by molar-refractivity contribution is 0.627. The first kappa shape index (κ1) is 13.6. The largest absolute Gasteiger partial charge is 0.370 e. The maximum absolute atomic E-state index is 12.8. The van der Waals surface area contributed by atoms with Gasteiger partial charge in [0.1, 0.15) is 5.82 Å². The highest BCUT2D eigenvalue weighted by molar-refractivity contribution is 5.47. The summed E-state index contributed by atoms with van der Waals surface area (Å²) in [6.07, 6.45) is 0. The molecule has 0 fully saturated rings. The van der Waals surface area contributed by atoms with Gasteiger partial charge in [0.2, 0.25) is 0 Å². The molecule has 0 radical (unpaired) electrons. The van der Waals surface area contributed by atoms with E-state index in [9.17, 15) is 4.39 Å². The van der Waals surface area contributed by atoms with Crippen LogP contribution in [0.4, 0.5) is 10.1 Å². The minimum Gasteiger partial charge on any atom is -0.370 e. The van der Waals surface area contributed by atoms with Crippen LogP contribution in [0.5, 0.6) is 0 Å². The summed E-state index contributed by atoms with van der Waals surface area (Å²) in [6.45, 7) is 2.72. The number of anilines is 1. The summed E-state index contributed by atoms with van der Waals surface area (Å²) < 4.78 is 12.8. The summed E-state index contributed by atoms with van der Waals surface area (Å²) >= 11 is 0. The molecule has 0 unspecified atom stereocenters. The fourth-order valence-corrected chi connectivity index (χ4v) is 1.99. The number of halogens is 1.